The summed E-state index contributed by atoms with van der Waals surface area (Å²) >= 11 is 0. The molecular weight excluding hydrogens is 392 g/mol. The Labute approximate surface area is 168 Å². The Morgan fingerprint density at radius 2 is 1.79 bits per heavy atom. The van der Waals surface area contributed by atoms with E-state index in [1.807, 2.05) is 29.0 Å². The number of hydrogen-bond donors (Lipinski definition) is 3. The Balaban J connectivity index is 1.48. The Kier molecular flexibility index (Phi) is 4.48. The van der Waals surface area contributed by atoms with Crippen LogP contribution in [0.1, 0.15) is 30.5 Å². The minimum atomic E-state index is -4.21. The minimum Gasteiger partial charge on any atom is -0.451 e. The maximum Gasteiger partial charge on any atom is 0.333 e. The number of hydrogen-bond acceptors (Lipinski definition) is 5. The number of fused-ring (bicyclic) bond motifs is 3. The van der Waals surface area contributed by atoms with Crippen LogP contribution in [0.4, 0.5) is 10.5 Å². The van der Waals surface area contributed by atoms with Crippen LogP contribution in [0.3, 0.4) is 0 Å². The molecule has 1 heterocycles. The summed E-state index contributed by atoms with van der Waals surface area (Å²) in [6.45, 7) is 3.00. The van der Waals surface area contributed by atoms with E-state index in [-0.39, 0.29) is 5.56 Å². The lowest BCUT2D eigenvalue weighted by Gasteiger charge is -2.13. The molecule has 0 bridgehead atoms. The molecule has 0 saturated heterocycles. The van der Waals surface area contributed by atoms with E-state index < -0.39 is 26.7 Å². The number of aliphatic hydroxyl groups is 1. The number of rotatable bonds is 4. The molecule has 2 amide bonds. The Morgan fingerprint density at radius 1 is 1.07 bits per heavy atom. The van der Waals surface area contributed by atoms with E-state index in [2.05, 4.69) is 17.4 Å². The zero-order chi connectivity index (χ0) is 20.8. The predicted octanol–water partition coefficient (Wildman–Crippen LogP) is 3.59. The van der Waals surface area contributed by atoms with Crippen LogP contribution < -0.4 is 10.0 Å². The van der Waals surface area contributed by atoms with Crippen molar-refractivity contribution in [1.82, 2.24) is 4.72 Å². The molecule has 3 N–H and O–H groups in total. The highest BCUT2D eigenvalue weighted by atomic mass is 32.2. The fourth-order valence-electron chi connectivity index (χ4n) is 3.33. The van der Waals surface area contributed by atoms with Crippen LogP contribution >= 0.6 is 0 Å². The first-order valence-electron chi connectivity index (χ1n) is 9.00. The third kappa shape index (κ3) is 3.76. The number of carbonyl (C=O) groups is 1. The summed E-state index contributed by atoms with van der Waals surface area (Å²) in [5.74, 6) is 0. The quantitative estimate of drug-likeness (QED) is 0.475. The van der Waals surface area contributed by atoms with Gasteiger partial charge in [0.2, 0.25) is 5.09 Å². The molecule has 29 heavy (non-hydrogen) atoms. The molecule has 0 spiro atoms. The first-order chi connectivity index (χ1) is 13.6. The van der Waals surface area contributed by atoms with Gasteiger partial charge in [-0.2, -0.15) is 8.42 Å². The Hall–Kier alpha value is -3.10. The van der Waals surface area contributed by atoms with E-state index in [1.165, 1.54) is 31.0 Å². The molecule has 1 aromatic heterocycles. The zero-order valence-electron chi connectivity index (χ0n) is 15.9. The number of carbonyl (C=O) groups excluding carboxylic acids is 1. The second kappa shape index (κ2) is 6.75. The van der Waals surface area contributed by atoms with Crippen molar-refractivity contribution < 1.29 is 22.7 Å². The standard InChI is InChI=1S/C21H20N2O5S/c1-21(2,25)15-11-19(28-12-15)29(26,27)23-20(24)22-16-7-8-18-14(10-16)9-13-5-3-4-6-17(13)18/h3-8,10-12,25H,9H2,1-2H3,(H2,22,23,24). The third-order valence-electron chi connectivity index (χ3n) is 4.83. The molecule has 0 atom stereocenters. The van der Waals surface area contributed by atoms with Crippen molar-refractivity contribution in [1.29, 1.82) is 0 Å². The number of benzene rings is 2. The van der Waals surface area contributed by atoms with Gasteiger partial charge in [-0.15, -0.1) is 0 Å². The molecule has 1 aliphatic rings. The second-order valence-electron chi connectivity index (χ2n) is 7.48. The third-order valence-corrected chi connectivity index (χ3v) is 6.02. The van der Waals surface area contributed by atoms with Crippen molar-refractivity contribution in [2.45, 2.75) is 31.0 Å². The highest BCUT2D eigenvalue weighted by Gasteiger charge is 2.26. The summed E-state index contributed by atoms with van der Waals surface area (Å²) in [4.78, 5) is 12.2. The normalized spacial score (nSPS) is 12.9. The van der Waals surface area contributed by atoms with Gasteiger partial charge in [-0.3, -0.25) is 0 Å². The molecule has 8 heteroatoms. The van der Waals surface area contributed by atoms with Crippen LogP contribution in [-0.4, -0.2) is 19.6 Å². The van der Waals surface area contributed by atoms with Gasteiger partial charge in [-0.05, 0) is 54.7 Å². The monoisotopic (exact) mass is 412 g/mol. The highest BCUT2D eigenvalue weighted by molar-refractivity contribution is 7.89. The predicted molar refractivity (Wildman–Crippen MR) is 108 cm³/mol. The lowest BCUT2D eigenvalue weighted by Crippen LogP contribution is -2.34. The molecule has 0 radical (unpaired) electrons. The maximum atomic E-state index is 12.4. The molecule has 150 valence electrons. The average molecular weight is 412 g/mol. The molecule has 0 aliphatic heterocycles. The van der Waals surface area contributed by atoms with Crippen molar-refractivity contribution >= 4 is 21.7 Å². The summed E-state index contributed by atoms with van der Waals surface area (Å²) in [6.07, 6.45) is 1.90. The summed E-state index contributed by atoms with van der Waals surface area (Å²) in [5, 5.41) is 12.0. The van der Waals surface area contributed by atoms with Crippen molar-refractivity contribution in [2.24, 2.45) is 0 Å². The van der Waals surface area contributed by atoms with Crippen molar-refractivity contribution in [2.75, 3.05) is 5.32 Å². The van der Waals surface area contributed by atoms with Gasteiger partial charge in [0.1, 0.15) is 0 Å². The largest absolute Gasteiger partial charge is 0.451 e. The Morgan fingerprint density at radius 3 is 2.52 bits per heavy atom. The highest BCUT2D eigenvalue weighted by Crippen LogP contribution is 2.37. The van der Waals surface area contributed by atoms with E-state index in [0.717, 1.165) is 23.8 Å². The Bertz CT molecular complexity index is 1210. The van der Waals surface area contributed by atoms with Gasteiger partial charge in [-0.1, -0.05) is 30.3 Å². The fraction of sp³-hybridized carbons (Fsp3) is 0.190. The van der Waals surface area contributed by atoms with E-state index >= 15 is 0 Å². The van der Waals surface area contributed by atoms with Gasteiger partial charge in [-0.25, -0.2) is 9.52 Å². The summed E-state index contributed by atoms with van der Waals surface area (Å²) in [7, 11) is -4.21. The number of sulfonamides is 1. The van der Waals surface area contributed by atoms with Crippen molar-refractivity contribution in [3.63, 3.8) is 0 Å². The number of anilines is 1. The molecule has 2 aromatic carbocycles. The molecule has 3 aromatic rings. The van der Waals surface area contributed by atoms with E-state index in [1.54, 1.807) is 6.07 Å². The van der Waals surface area contributed by atoms with E-state index in [9.17, 15) is 18.3 Å². The first-order valence-corrected chi connectivity index (χ1v) is 10.5. The smallest absolute Gasteiger partial charge is 0.333 e. The fourth-order valence-corrected chi connectivity index (χ4v) is 4.18. The summed E-state index contributed by atoms with van der Waals surface area (Å²) < 4.78 is 31.7. The van der Waals surface area contributed by atoms with Crippen molar-refractivity contribution in [3.8, 4) is 11.1 Å². The zero-order valence-corrected chi connectivity index (χ0v) is 16.7. The molecule has 0 fully saturated rings. The minimum absolute atomic E-state index is 0.288. The lowest BCUT2D eigenvalue weighted by molar-refractivity contribution is 0.0779. The lowest BCUT2D eigenvalue weighted by atomic mass is 10.0. The number of urea groups is 1. The van der Waals surface area contributed by atoms with Crippen LogP contribution in [0.15, 0.2) is 64.3 Å². The molecule has 7 nitrogen and oxygen atoms in total. The van der Waals surface area contributed by atoms with Crippen LogP contribution in [0, 0.1) is 0 Å². The van der Waals surface area contributed by atoms with Crippen LogP contribution in [0.25, 0.3) is 11.1 Å². The van der Waals surface area contributed by atoms with Crippen molar-refractivity contribution in [3.05, 3.63) is 71.5 Å². The number of amides is 2. The van der Waals surface area contributed by atoms with Gasteiger partial charge in [0, 0.05) is 17.3 Å². The summed E-state index contributed by atoms with van der Waals surface area (Å²) in [5.41, 5.74) is 4.06. The molecule has 0 saturated carbocycles. The summed E-state index contributed by atoms with van der Waals surface area (Å²) in [6, 6.07) is 13.8. The molecule has 0 unspecified atom stereocenters. The molecule has 1 aliphatic carbocycles. The molecule has 4 rings (SSSR count). The van der Waals surface area contributed by atoms with Gasteiger partial charge < -0.3 is 14.8 Å². The number of nitrogens with one attached hydrogen (secondary N) is 2. The van der Waals surface area contributed by atoms with Crippen LogP contribution in [-0.2, 0) is 22.0 Å². The average Bonchev–Trinajstić information content (AvgIpc) is 3.26. The number of furan rings is 1. The molecular formula is C21H20N2O5S. The van der Waals surface area contributed by atoms with Gasteiger partial charge in [0.25, 0.3) is 10.0 Å². The van der Waals surface area contributed by atoms with Crippen LogP contribution in [0.5, 0.6) is 0 Å². The van der Waals surface area contributed by atoms with E-state index in [0.29, 0.717) is 5.69 Å². The second-order valence-corrected chi connectivity index (χ2v) is 9.09. The van der Waals surface area contributed by atoms with Crippen LogP contribution in [0.2, 0.25) is 0 Å². The van der Waals surface area contributed by atoms with Gasteiger partial charge >= 0.3 is 6.03 Å². The topological polar surface area (TPSA) is 109 Å². The van der Waals surface area contributed by atoms with Gasteiger partial charge in [0.15, 0.2) is 0 Å². The maximum absolute atomic E-state index is 12.4. The van der Waals surface area contributed by atoms with E-state index in [4.69, 9.17) is 4.42 Å². The SMILES string of the molecule is CC(C)(O)c1coc(S(=O)(=O)NC(=O)Nc2ccc3c(c2)Cc2ccccc2-3)c1. The van der Waals surface area contributed by atoms with Gasteiger partial charge in [0.05, 0.1) is 11.9 Å². The first kappa shape index (κ1) is 19.2.